The Balaban J connectivity index is 1.40. The molecule has 3 aliphatic rings. The number of likely N-dealkylation sites (tertiary alicyclic amines) is 1. The molecule has 2 fully saturated rings. The highest BCUT2D eigenvalue weighted by atomic mass is 35.5. The fraction of sp³-hybridized carbons (Fsp3) is 0.545. The molecule has 1 amide bonds. The first-order valence-electron chi connectivity index (χ1n) is 10.4. The zero-order valence-electron chi connectivity index (χ0n) is 17.6. The molecule has 1 aromatic heterocycles. The molecule has 1 aliphatic carbocycles. The van der Waals surface area contributed by atoms with Crippen LogP contribution < -0.4 is 5.32 Å². The lowest BCUT2D eigenvalue weighted by Crippen LogP contribution is -2.41. The van der Waals surface area contributed by atoms with Crippen LogP contribution in [0.2, 0.25) is 5.02 Å². The van der Waals surface area contributed by atoms with E-state index in [4.69, 9.17) is 11.6 Å². The van der Waals surface area contributed by atoms with E-state index in [1.807, 2.05) is 4.68 Å². The Morgan fingerprint density at radius 3 is 2.71 bits per heavy atom. The monoisotopic (exact) mass is 452 g/mol. The molecular weight excluding hydrogens is 429 g/mol. The van der Waals surface area contributed by atoms with Gasteiger partial charge in [0.1, 0.15) is 11.4 Å². The van der Waals surface area contributed by atoms with Gasteiger partial charge >= 0.3 is 6.18 Å². The van der Waals surface area contributed by atoms with Gasteiger partial charge in [-0.25, -0.2) is 4.68 Å². The molecule has 0 spiro atoms. The average Bonchev–Trinajstić information content (AvgIpc) is 3.00. The molecule has 3 heterocycles. The summed E-state index contributed by atoms with van der Waals surface area (Å²) in [6.45, 7) is 7.34. The van der Waals surface area contributed by atoms with Crippen molar-refractivity contribution in [3.05, 3.63) is 46.1 Å². The van der Waals surface area contributed by atoms with Gasteiger partial charge in [-0.05, 0) is 57.2 Å². The van der Waals surface area contributed by atoms with Gasteiger partial charge in [-0.15, -0.1) is 0 Å². The van der Waals surface area contributed by atoms with Gasteiger partial charge in [0, 0.05) is 24.5 Å². The van der Waals surface area contributed by atoms with Crippen LogP contribution >= 0.6 is 11.6 Å². The van der Waals surface area contributed by atoms with Crippen LogP contribution in [0.5, 0.6) is 0 Å². The zero-order chi connectivity index (χ0) is 22.3. The average molecular weight is 453 g/mol. The molecule has 1 N–H and O–H groups in total. The molecule has 166 valence electrons. The Kier molecular flexibility index (Phi) is 4.27. The summed E-state index contributed by atoms with van der Waals surface area (Å²) in [5.74, 6) is 0.878. The molecule has 9 heteroatoms. The van der Waals surface area contributed by atoms with Crippen molar-refractivity contribution in [2.24, 2.45) is 5.92 Å². The van der Waals surface area contributed by atoms with E-state index in [-0.39, 0.29) is 33.8 Å². The largest absolute Gasteiger partial charge is 0.417 e. The van der Waals surface area contributed by atoms with Crippen molar-refractivity contribution in [1.82, 2.24) is 14.7 Å². The second kappa shape index (κ2) is 6.40. The number of nitrogens with one attached hydrogen (secondary N) is 1. The summed E-state index contributed by atoms with van der Waals surface area (Å²) in [5.41, 5.74) is -0.00966. The van der Waals surface area contributed by atoms with E-state index >= 15 is 0 Å². The van der Waals surface area contributed by atoms with E-state index < -0.39 is 11.7 Å². The molecule has 2 unspecified atom stereocenters. The van der Waals surface area contributed by atoms with Gasteiger partial charge in [-0.1, -0.05) is 17.7 Å². The number of hydrogen-bond donors (Lipinski definition) is 1. The summed E-state index contributed by atoms with van der Waals surface area (Å²) >= 11 is 5.95. The van der Waals surface area contributed by atoms with Gasteiger partial charge in [-0.2, -0.15) is 18.3 Å². The molecule has 31 heavy (non-hydrogen) atoms. The van der Waals surface area contributed by atoms with Crippen LogP contribution in [-0.4, -0.2) is 39.7 Å². The number of alkyl halides is 3. The molecule has 1 aromatic carbocycles. The number of anilines is 1. The summed E-state index contributed by atoms with van der Waals surface area (Å²) in [6.07, 6.45) is -1.10. The highest BCUT2D eigenvalue weighted by Gasteiger charge is 2.62. The number of rotatable bonds is 2. The maximum Gasteiger partial charge on any atom is 0.417 e. The van der Waals surface area contributed by atoms with Crippen molar-refractivity contribution in [3.63, 3.8) is 0 Å². The van der Waals surface area contributed by atoms with Crippen LogP contribution in [0, 0.1) is 5.92 Å². The molecule has 3 atom stereocenters. The van der Waals surface area contributed by atoms with Gasteiger partial charge in [0.2, 0.25) is 0 Å². The summed E-state index contributed by atoms with van der Waals surface area (Å²) in [6, 6.07) is 4.20. The number of benzene rings is 1. The molecule has 0 radical (unpaired) electrons. The van der Waals surface area contributed by atoms with Crippen LogP contribution in [0.3, 0.4) is 0 Å². The van der Waals surface area contributed by atoms with Crippen LogP contribution in [0.4, 0.5) is 19.0 Å². The predicted molar refractivity (Wildman–Crippen MR) is 111 cm³/mol. The quantitative estimate of drug-likeness (QED) is 0.704. The van der Waals surface area contributed by atoms with Gasteiger partial charge in [0.05, 0.1) is 22.3 Å². The molecule has 5 rings (SSSR count). The molecule has 1 saturated carbocycles. The van der Waals surface area contributed by atoms with Gasteiger partial charge < -0.3 is 10.2 Å². The van der Waals surface area contributed by atoms with Crippen molar-refractivity contribution in [2.75, 3.05) is 18.4 Å². The lowest BCUT2D eigenvalue weighted by molar-refractivity contribution is -0.137. The zero-order valence-corrected chi connectivity index (χ0v) is 18.3. The second-order valence-electron chi connectivity index (χ2n) is 9.82. The Labute approximate surface area is 183 Å². The number of halogens is 4. The van der Waals surface area contributed by atoms with E-state index in [0.717, 1.165) is 30.3 Å². The molecule has 2 aromatic rings. The second-order valence-corrected chi connectivity index (χ2v) is 10.2. The fourth-order valence-electron chi connectivity index (χ4n) is 5.53. The number of carbonyl (C=O) groups excluding carboxylic acids is 1. The number of fused-ring (bicyclic) bond motifs is 2. The first kappa shape index (κ1) is 20.7. The smallest absolute Gasteiger partial charge is 0.367 e. The van der Waals surface area contributed by atoms with E-state index in [0.29, 0.717) is 18.7 Å². The van der Waals surface area contributed by atoms with E-state index in [2.05, 4.69) is 31.2 Å². The number of piperidine rings is 1. The number of amides is 1. The molecule has 2 aliphatic heterocycles. The maximum absolute atomic E-state index is 13.3. The van der Waals surface area contributed by atoms with Crippen molar-refractivity contribution in [3.8, 4) is 0 Å². The SMILES string of the molecule is C[C@H]1CC(C)(C)n2ncc(C(=O)N3CC4CC4(c4ccc(C(F)(F)F)c(Cl)c4)C3)c2N1. The van der Waals surface area contributed by atoms with Gasteiger partial charge in [0.25, 0.3) is 5.91 Å². The summed E-state index contributed by atoms with van der Waals surface area (Å²) in [4.78, 5) is 15.1. The van der Waals surface area contributed by atoms with Crippen LogP contribution in [0.1, 0.15) is 55.1 Å². The van der Waals surface area contributed by atoms with E-state index in [1.54, 1.807) is 11.1 Å². The molecule has 0 bridgehead atoms. The molecular formula is C22H24ClF3N4O. The minimum atomic E-state index is -4.48. The minimum Gasteiger partial charge on any atom is -0.367 e. The van der Waals surface area contributed by atoms with E-state index in [9.17, 15) is 18.0 Å². The van der Waals surface area contributed by atoms with Gasteiger partial charge in [-0.3, -0.25) is 4.79 Å². The fourth-order valence-corrected chi connectivity index (χ4v) is 5.82. The van der Waals surface area contributed by atoms with Crippen LogP contribution in [0.25, 0.3) is 0 Å². The van der Waals surface area contributed by atoms with Gasteiger partial charge in [0.15, 0.2) is 0 Å². The number of hydrogen-bond acceptors (Lipinski definition) is 3. The number of nitrogens with zero attached hydrogens (tertiary/aromatic N) is 3. The number of aromatic nitrogens is 2. The predicted octanol–water partition coefficient (Wildman–Crippen LogP) is 4.91. The van der Waals surface area contributed by atoms with E-state index in [1.165, 1.54) is 12.1 Å². The Morgan fingerprint density at radius 2 is 2.03 bits per heavy atom. The standard InChI is InChI=1S/C22H24ClF3N4O/c1-12-7-20(2,3)30-18(28-12)15(9-27-30)19(31)29-10-14-8-21(14,11-29)13-4-5-16(17(23)6-13)22(24,25)26/h4-6,9,12,14,28H,7-8,10-11H2,1-3H3/t12-,14?,21?/m0/s1. The third-order valence-corrected chi connectivity index (χ3v) is 7.36. The topological polar surface area (TPSA) is 50.2 Å². The Hall–Kier alpha value is -2.22. The summed E-state index contributed by atoms with van der Waals surface area (Å²) < 4.78 is 41.0. The van der Waals surface area contributed by atoms with Crippen LogP contribution in [-0.2, 0) is 17.1 Å². The van der Waals surface area contributed by atoms with Crippen molar-refractivity contribution in [1.29, 1.82) is 0 Å². The normalized spacial score (nSPS) is 28.7. The highest BCUT2D eigenvalue weighted by Crippen LogP contribution is 2.59. The Bertz CT molecular complexity index is 1080. The highest BCUT2D eigenvalue weighted by molar-refractivity contribution is 6.31. The minimum absolute atomic E-state index is 0.0942. The third-order valence-electron chi connectivity index (χ3n) is 7.04. The Morgan fingerprint density at radius 1 is 1.29 bits per heavy atom. The van der Waals surface area contributed by atoms with Crippen molar-refractivity contribution in [2.45, 2.75) is 56.8 Å². The lowest BCUT2D eigenvalue weighted by atomic mass is 9.93. The maximum atomic E-state index is 13.3. The third kappa shape index (κ3) is 3.13. The first-order valence-corrected chi connectivity index (χ1v) is 10.8. The molecule has 1 saturated heterocycles. The lowest BCUT2D eigenvalue weighted by Gasteiger charge is -2.36. The number of carbonyl (C=O) groups is 1. The summed E-state index contributed by atoms with van der Waals surface area (Å²) in [5, 5.41) is 7.57. The van der Waals surface area contributed by atoms with Crippen LogP contribution in [0.15, 0.2) is 24.4 Å². The first-order chi connectivity index (χ1) is 14.4. The van der Waals surface area contributed by atoms with Crippen molar-refractivity contribution < 1.29 is 18.0 Å². The summed E-state index contributed by atoms with van der Waals surface area (Å²) in [7, 11) is 0. The molecule has 5 nitrogen and oxygen atoms in total. The van der Waals surface area contributed by atoms with Crippen molar-refractivity contribution >= 4 is 23.3 Å².